The van der Waals surface area contributed by atoms with Gasteiger partial charge in [0, 0.05) is 17.6 Å². The van der Waals surface area contributed by atoms with Crippen LogP contribution in [0, 0.1) is 16.5 Å². The van der Waals surface area contributed by atoms with E-state index in [1.807, 2.05) is 10.6 Å². The molecule has 0 saturated heterocycles. The normalized spacial score (nSPS) is 14.4. The SMILES string of the molecule is Cc1cc(-n2c(=S)n3n(c2=S)CCCC3)ccc1Br. The minimum Gasteiger partial charge on any atom is -0.261 e. The van der Waals surface area contributed by atoms with E-state index in [1.165, 1.54) is 18.4 Å². The first-order valence-corrected chi connectivity index (χ1v) is 7.90. The van der Waals surface area contributed by atoms with Gasteiger partial charge < -0.3 is 0 Å². The fraction of sp³-hybridized carbons (Fsp3) is 0.385. The number of nitrogens with zero attached hydrogens (tertiary/aromatic N) is 3. The number of rotatable bonds is 1. The lowest BCUT2D eigenvalue weighted by Crippen LogP contribution is -2.18. The number of hydrogen-bond acceptors (Lipinski definition) is 2. The molecule has 0 unspecified atom stereocenters. The lowest BCUT2D eigenvalue weighted by molar-refractivity contribution is 0.357. The second kappa shape index (κ2) is 5.00. The summed E-state index contributed by atoms with van der Waals surface area (Å²) in [4.78, 5) is 0. The number of fused-ring (bicyclic) bond motifs is 1. The summed E-state index contributed by atoms with van der Waals surface area (Å²) in [6, 6.07) is 6.21. The molecule has 19 heavy (non-hydrogen) atoms. The van der Waals surface area contributed by atoms with Crippen LogP contribution in [0.25, 0.3) is 5.69 Å². The van der Waals surface area contributed by atoms with E-state index in [-0.39, 0.29) is 0 Å². The first kappa shape index (κ1) is 13.3. The van der Waals surface area contributed by atoms with E-state index in [0.717, 1.165) is 32.8 Å². The predicted molar refractivity (Wildman–Crippen MR) is 85.1 cm³/mol. The summed E-state index contributed by atoms with van der Waals surface area (Å²) in [5.41, 5.74) is 2.23. The van der Waals surface area contributed by atoms with Gasteiger partial charge in [0.15, 0.2) is 0 Å². The number of halogens is 1. The highest BCUT2D eigenvalue weighted by molar-refractivity contribution is 9.10. The molecule has 0 atom stereocenters. The molecule has 0 N–H and O–H groups in total. The second-order valence-electron chi connectivity index (χ2n) is 4.79. The lowest BCUT2D eigenvalue weighted by atomic mass is 10.2. The molecule has 6 heteroatoms. The first-order chi connectivity index (χ1) is 9.09. The van der Waals surface area contributed by atoms with Gasteiger partial charge in [-0.2, -0.15) is 0 Å². The van der Waals surface area contributed by atoms with Crippen molar-refractivity contribution in [2.75, 3.05) is 0 Å². The Labute approximate surface area is 130 Å². The van der Waals surface area contributed by atoms with Crippen molar-refractivity contribution >= 4 is 40.4 Å². The number of hydrogen-bond donors (Lipinski definition) is 0. The summed E-state index contributed by atoms with van der Waals surface area (Å²) in [5, 5.41) is 0. The van der Waals surface area contributed by atoms with Crippen molar-refractivity contribution in [3.8, 4) is 5.69 Å². The van der Waals surface area contributed by atoms with Crippen LogP contribution in [0.5, 0.6) is 0 Å². The maximum Gasteiger partial charge on any atom is 0.201 e. The summed E-state index contributed by atoms with van der Waals surface area (Å²) >= 11 is 14.7. The average Bonchev–Trinajstić information content (AvgIpc) is 2.66. The van der Waals surface area contributed by atoms with Gasteiger partial charge in [-0.05, 0) is 68.0 Å². The smallest absolute Gasteiger partial charge is 0.201 e. The Balaban J connectivity index is 2.26. The van der Waals surface area contributed by atoms with Crippen LogP contribution in [-0.4, -0.2) is 13.9 Å². The Morgan fingerprint density at radius 1 is 1.05 bits per heavy atom. The Hall–Kier alpha value is -0.720. The molecule has 0 saturated carbocycles. The van der Waals surface area contributed by atoms with Crippen LogP contribution in [-0.2, 0) is 13.1 Å². The predicted octanol–water partition coefficient (Wildman–Crippen LogP) is 4.40. The highest BCUT2D eigenvalue weighted by Crippen LogP contribution is 2.22. The fourth-order valence-electron chi connectivity index (χ4n) is 2.46. The van der Waals surface area contributed by atoms with E-state index in [9.17, 15) is 0 Å². The van der Waals surface area contributed by atoms with Gasteiger partial charge >= 0.3 is 0 Å². The van der Waals surface area contributed by atoms with Crippen LogP contribution >= 0.6 is 40.4 Å². The zero-order valence-corrected chi connectivity index (χ0v) is 13.8. The van der Waals surface area contributed by atoms with E-state index in [1.54, 1.807) is 0 Å². The standard InChI is InChI=1S/C13H14BrN3S2/c1-9-8-10(4-5-11(9)14)17-12(18)15-6-2-3-7-16(15)13(17)19/h4-5,8H,2-3,6-7H2,1H3. The van der Waals surface area contributed by atoms with Crippen LogP contribution in [0.1, 0.15) is 18.4 Å². The Bertz CT molecular complexity index is 717. The maximum atomic E-state index is 5.58. The molecule has 2 heterocycles. The third-order valence-electron chi connectivity index (χ3n) is 3.51. The largest absolute Gasteiger partial charge is 0.261 e. The van der Waals surface area contributed by atoms with Crippen LogP contribution in [0.15, 0.2) is 22.7 Å². The molecule has 0 amide bonds. The van der Waals surface area contributed by atoms with Crippen molar-refractivity contribution in [1.29, 1.82) is 0 Å². The van der Waals surface area contributed by atoms with Crippen molar-refractivity contribution in [2.45, 2.75) is 32.9 Å². The molecule has 0 bridgehead atoms. The van der Waals surface area contributed by atoms with Gasteiger partial charge in [0.1, 0.15) is 0 Å². The van der Waals surface area contributed by atoms with Crippen molar-refractivity contribution < 1.29 is 0 Å². The molecule has 100 valence electrons. The Morgan fingerprint density at radius 3 is 2.16 bits per heavy atom. The van der Waals surface area contributed by atoms with E-state index < -0.39 is 0 Å². The third-order valence-corrected chi connectivity index (χ3v) is 5.18. The minimum atomic E-state index is 0.798. The number of benzene rings is 1. The molecule has 0 fully saturated rings. The van der Waals surface area contributed by atoms with Crippen molar-refractivity contribution in [3.63, 3.8) is 0 Å². The highest BCUT2D eigenvalue weighted by atomic mass is 79.9. The summed E-state index contributed by atoms with van der Waals surface area (Å²) in [6.45, 7) is 4.00. The maximum absolute atomic E-state index is 5.58. The summed E-state index contributed by atoms with van der Waals surface area (Å²) < 4.78 is 8.94. The Morgan fingerprint density at radius 2 is 1.63 bits per heavy atom. The molecule has 2 aromatic rings. The first-order valence-electron chi connectivity index (χ1n) is 6.29. The van der Waals surface area contributed by atoms with E-state index >= 15 is 0 Å². The van der Waals surface area contributed by atoms with Gasteiger partial charge in [0.05, 0.1) is 5.69 Å². The van der Waals surface area contributed by atoms with Gasteiger partial charge in [-0.25, -0.2) is 0 Å². The van der Waals surface area contributed by atoms with Gasteiger partial charge in [-0.1, -0.05) is 15.9 Å². The molecule has 1 aromatic carbocycles. The lowest BCUT2D eigenvalue weighted by Gasteiger charge is -2.15. The van der Waals surface area contributed by atoms with E-state index in [4.69, 9.17) is 24.4 Å². The summed E-state index contributed by atoms with van der Waals surface area (Å²) in [7, 11) is 0. The van der Waals surface area contributed by atoms with Gasteiger partial charge in [0.25, 0.3) is 0 Å². The van der Waals surface area contributed by atoms with Crippen LogP contribution < -0.4 is 0 Å². The molecule has 1 aliphatic heterocycles. The van der Waals surface area contributed by atoms with Crippen molar-refractivity contribution in [1.82, 2.24) is 13.9 Å². The minimum absolute atomic E-state index is 0.798. The zero-order valence-electron chi connectivity index (χ0n) is 10.6. The van der Waals surface area contributed by atoms with Crippen molar-refractivity contribution in [3.05, 3.63) is 37.8 Å². The second-order valence-corrected chi connectivity index (χ2v) is 6.37. The summed E-state index contributed by atoms with van der Waals surface area (Å²) in [6.07, 6.45) is 2.35. The third kappa shape index (κ3) is 2.15. The zero-order chi connectivity index (χ0) is 13.6. The van der Waals surface area contributed by atoms with Crippen molar-refractivity contribution in [2.24, 2.45) is 0 Å². The molecule has 0 spiro atoms. The summed E-state index contributed by atoms with van der Waals surface area (Å²) in [5.74, 6) is 0. The van der Waals surface area contributed by atoms with Crippen LogP contribution in [0.2, 0.25) is 0 Å². The fourth-order valence-corrected chi connectivity index (χ4v) is 3.53. The van der Waals surface area contributed by atoms with Gasteiger partial charge in [-0.15, -0.1) is 0 Å². The molecular weight excluding hydrogens is 342 g/mol. The molecule has 1 aliphatic rings. The monoisotopic (exact) mass is 355 g/mol. The highest BCUT2D eigenvalue weighted by Gasteiger charge is 2.15. The number of aromatic nitrogens is 3. The average molecular weight is 356 g/mol. The van der Waals surface area contributed by atoms with E-state index in [2.05, 4.69) is 44.4 Å². The quantitative estimate of drug-likeness (QED) is 0.704. The molecule has 3 rings (SSSR count). The number of aryl methyl sites for hydroxylation is 1. The molecular formula is C13H14BrN3S2. The van der Waals surface area contributed by atoms with Crippen LogP contribution in [0.4, 0.5) is 0 Å². The topological polar surface area (TPSA) is 14.8 Å². The molecule has 0 aliphatic carbocycles. The van der Waals surface area contributed by atoms with E-state index in [0.29, 0.717) is 0 Å². The molecule has 0 radical (unpaired) electrons. The van der Waals surface area contributed by atoms with Crippen LogP contribution in [0.3, 0.4) is 0 Å². The van der Waals surface area contributed by atoms with Gasteiger partial charge in [0.2, 0.25) is 9.54 Å². The molecule has 3 nitrogen and oxygen atoms in total. The Kier molecular flexibility index (Phi) is 3.49. The molecule has 1 aromatic heterocycles. The van der Waals surface area contributed by atoms with Gasteiger partial charge in [-0.3, -0.25) is 13.9 Å².